The Morgan fingerprint density at radius 3 is 1.62 bits per heavy atom. The first kappa shape index (κ1) is 36.9. The highest BCUT2D eigenvalue weighted by Gasteiger charge is 2.25. The van der Waals surface area contributed by atoms with Crippen LogP contribution >= 0.6 is 0 Å². The number of nitrogens with zero attached hydrogens (tertiary/aromatic N) is 1. The van der Waals surface area contributed by atoms with E-state index in [4.69, 9.17) is 4.98 Å². The normalized spacial score (nSPS) is 13.4. The monoisotopic (exact) mass is 801 g/mol. The first-order valence-corrected chi connectivity index (χ1v) is 22.1. The van der Waals surface area contributed by atoms with Crippen LogP contribution in [0.1, 0.15) is 29.0 Å². The highest BCUT2D eigenvalue weighted by Crippen LogP contribution is 2.46. The molecule has 0 spiro atoms. The van der Waals surface area contributed by atoms with E-state index < -0.39 is 0 Å². The standard InChI is InChI=1S/C62H43N/c1-4-15-41(16-5-1)43-27-29-45(30-28-43)51-34-31-44-19-10-11-22-50(44)58-37-47(32-35-54(51)58)48-33-36-56-59(38-48)53-24-13-12-23-52(53)55-25-14-26-57(62(55)56)61-40-49(42-17-6-2-7-18-42)39-60(63-61)46-20-8-3-9-21-46/h1-30,32-33,35-40,51H,31,34H2. The van der Waals surface area contributed by atoms with Gasteiger partial charge >= 0.3 is 0 Å². The van der Waals surface area contributed by atoms with Crippen LogP contribution in [0.25, 0.3) is 99.3 Å². The predicted molar refractivity (Wildman–Crippen MR) is 266 cm³/mol. The molecule has 1 heteroatoms. The lowest BCUT2D eigenvalue weighted by Gasteiger charge is -2.20. The van der Waals surface area contributed by atoms with E-state index in [0.29, 0.717) is 5.92 Å². The fourth-order valence-electron chi connectivity index (χ4n) is 10.2. The Labute approximate surface area is 368 Å². The lowest BCUT2D eigenvalue weighted by atomic mass is 9.83. The molecule has 1 aromatic heterocycles. The maximum atomic E-state index is 5.41. The SMILES string of the molecule is c1ccc(-c2ccc(C3CCc4ccccc4-c4cc(-c5ccc6c(c5)c5ccccc5c5cccc(-c7cc(-c8ccccc8)cc(-c8ccccc8)n7)c56)ccc43)cc2)cc1. The molecule has 1 nitrogen and oxygen atoms in total. The summed E-state index contributed by atoms with van der Waals surface area (Å²) in [5, 5.41) is 7.45. The molecule has 1 aliphatic rings. The summed E-state index contributed by atoms with van der Waals surface area (Å²) >= 11 is 0. The molecule has 11 aromatic rings. The minimum atomic E-state index is 0.299. The Morgan fingerprint density at radius 2 is 0.857 bits per heavy atom. The van der Waals surface area contributed by atoms with Gasteiger partial charge in [0.25, 0.3) is 0 Å². The fourth-order valence-corrected chi connectivity index (χ4v) is 10.2. The molecule has 1 aliphatic carbocycles. The van der Waals surface area contributed by atoms with Crippen molar-refractivity contribution in [2.45, 2.75) is 18.8 Å². The van der Waals surface area contributed by atoms with E-state index in [9.17, 15) is 0 Å². The van der Waals surface area contributed by atoms with E-state index in [-0.39, 0.29) is 0 Å². The lowest BCUT2D eigenvalue weighted by Crippen LogP contribution is -2.02. The molecular formula is C62H43N. The zero-order valence-corrected chi connectivity index (χ0v) is 34.9. The number of aromatic nitrogens is 1. The van der Waals surface area contributed by atoms with E-state index in [0.717, 1.165) is 40.9 Å². The van der Waals surface area contributed by atoms with Crippen molar-refractivity contribution in [2.75, 3.05) is 0 Å². The Balaban J connectivity index is 1.02. The van der Waals surface area contributed by atoms with Crippen molar-refractivity contribution < 1.29 is 0 Å². The molecule has 63 heavy (non-hydrogen) atoms. The van der Waals surface area contributed by atoms with E-state index in [2.05, 4.69) is 231 Å². The van der Waals surface area contributed by atoms with Gasteiger partial charge in [-0.15, -0.1) is 0 Å². The van der Waals surface area contributed by atoms with Crippen molar-refractivity contribution >= 4 is 32.3 Å². The third kappa shape index (κ3) is 6.61. The van der Waals surface area contributed by atoms with Crippen LogP contribution in [-0.2, 0) is 6.42 Å². The van der Waals surface area contributed by atoms with Crippen molar-refractivity contribution in [3.8, 4) is 67.0 Å². The van der Waals surface area contributed by atoms with E-state index in [1.54, 1.807) is 0 Å². The van der Waals surface area contributed by atoms with Crippen LogP contribution in [-0.4, -0.2) is 4.98 Å². The zero-order chi connectivity index (χ0) is 41.7. The molecule has 0 amide bonds. The Bertz CT molecular complexity index is 3420. The molecule has 0 radical (unpaired) electrons. The molecule has 10 aromatic carbocycles. The minimum Gasteiger partial charge on any atom is -0.248 e. The van der Waals surface area contributed by atoms with Crippen molar-refractivity contribution in [3.05, 3.63) is 247 Å². The molecule has 12 rings (SSSR count). The van der Waals surface area contributed by atoms with Gasteiger partial charge in [-0.25, -0.2) is 4.98 Å². The van der Waals surface area contributed by atoms with Gasteiger partial charge in [-0.2, -0.15) is 0 Å². The summed E-state index contributed by atoms with van der Waals surface area (Å²) in [6, 6.07) is 84.7. The smallest absolute Gasteiger partial charge is 0.0722 e. The molecule has 1 atom stereocenters. The maximum Gasteiger partial charge on any atom is 0.0722 e. The first-order valence-electron chi connectivity index (χ1n) is 22.1. The number of hydrogen-bond donors (Lipinski definition) is 0. The van der Waals surface area contributed by atoms with Crippen molar-refractivity contribution in [1.29, 1.82) is 0 Å². The average molecular weight is 802 g/mol. The second-order valence-corrected chi connectivity index (χ2v) is 16.9. The average Bonchev–Trinajstić information content (AvgIpc) is 3.53. The molecule has 0 aliphatic heterocycles. The molecule has 0 fully saturated rings. The van der Waals surface area contributed by atoms with E-state index in [1.807, 2.05) is 0 Å². The van der Waals surface area contributed by atoms with E-state index >= 15 is 0 Å². The number of hydrogen-bond acceptors (Lipinski definition) is 1. The quantitative estimate of drug-likeness (QED) is 0.153. The molecule has 1 heterocycles. The van der Waals surface area contributed by atoms with Gasteiger partial charge in [-0.1, -0.05) is 206 Å². The molecule has 1 unspecified atom stereocenters. The minimum absolute atomic E-state index is 0.299. The third-order valence-electron chi connectivity index (χ3n) is 13.3. The van der Waals surface area contributed by atoms with Gasteiger partial charge in [0.2, 0.25) is 0 Å². The Kier molecular flexibility index (Phi) is 9.12. The van der Waals surface area contributed by atoms with Crippen LogP contribution in [0.15, 0.2) is 231 Å². The van der Waals surface area contributed by atoms with Crippen LogP contribution in [0.3, 0.4) is 0 Å². The summed E-state index contributed by atoms with van der Waals surface area (Å²) < 4.78 is 0. The van der Waals surface area contributed by atoms with Gasteiger partial charge in [0.15, 0.2) is 0 Å². The topological polar surface area (TPSA) is 12.9 Å². The second-order valence-electron chi connectivity index (χ2n) is 16.9. The Morgan fingerprint density at radius 1 is 0.317 bits per heavy atom. The van der Waals surface area contributed by atoms with Gasteiger partial charge < -0.3 is 0 Å². The number of aryl methyl sites for hydroxylation is 1. The van der Waals surface area contributed by atoms with Gasteiger partial charge in [-0.3, -0.25) is 0 Å². The molecule has 0 N–H and O–H groups in total. The van der Waals surface area contributed by atoms with Crippen molar-refractivity contribution in [1.82, 2.24) is 4.98 Å². The van der Waals surface area contributed by atoms with E-state index in [1.165, 1.54) is 88.0 Å². The van der Waals surface area contributed by atoms with Crippen LogP contribution in [0.4, 0.5) is 0 Å². The zero-order valence-electron chi connectivity index (χ0n) is 34.9. The summed E-state index contributed by atoms with van der Waals surface area (Å²) in [4.78, 5) is 5.41. The summed E-state index contributed by atoms with van der Waals surface area (Å²) in [6.45, 7) is 0. The lowest BCUT2D eigenvalue weighted by molar-refractivity contribution is 0.726. The summed E-state index contributed by atoms with van der Waals surface area (Å²) in [6.07, 6.45) is 2.11. The summed E-state index contributed by atoms with van der Waals surface area (Å²) in [7, 11) is 0. The largest absolute Gasteiger partial charge is 0.248 e. The summed E-state index contributed by atoms with van der Waals surface area (Å²) in [5.41, 5.74) is 18.3. The number of pyridine rings is 1. The molecule has 296 valence electrons. The Hall–Kier alpha value is -7.87. The fraction of sp³-hybridized carbons (Fsp3) is 0.0484. The second kappa shape index (κ2) is 15.5. The molecular weight excluding hydrogens is 759 g/mol. The molecule has 0 bridgehead atoms. The highest BCUT2D eigenvalue weighted by atomic mass is 14.7. The molecule has 0 saturated heterocycles. The number of rotatable bonds is 6. The van der Waals surface area contributed by atoms with Gasteiger partial charge in [0.1, 0.15) is 0 Å². The highest BCUT2D eigenvalue weighted by molar-refractivity contribution is 6.28. The van der Waals surface area contributed by atoms with Gasteiger partial charge in [0, 0.05) is 17.0 Å². The number of benzene rings is 10. The third-order valence-corrected chi connectivity index (χ3v) is 13.3. The van der Waals surface area contributed by atoms with Crippen LogP contribution in [0, 0.1) is 0 Å². The van der Waals surface area contributed by atoms with Crippen molar-refractivity contribution in [2.24, 2.45) is 0 Å². The van der Waals surface area contributed by atoms with Gasteiger partial charge in [-0.05, 0) is 131 Å². The van der Waals surface area contributed by atoms with Crippen LogP contribution < -0.4 is 0 Å². The first-order chi connectivity index (χ1) is 31.2. The summed E-state index contributed by atoms with van der Waals surface area (Å²) in [5.74, 6) is 0.299. The van der Waals surface area contributed by atoms with Crippen LogP contribution in [0.2, 0.25) is 0 Å². The molecule has 0 saturated carbocycles. The maximum absolute atomic E-state index is 5.41. The van der Waals surface area contributed by atoms with Crippen molar-refractivity contribution in [3.63, 3.8) is 0 Å². The van der Waals surface area contributed by atoms with Gasteiger partial charge in [0.05, 0.1) is 11.4 Å². The van der Waals surface area contributed by atoms with Crippen LogP contribution in [0.5, 0.6) is 0 Å². The predicted octanol–water partition coefficient (Wildman–Crippen LogP) is 16.6. The number of fused-ring (bicyclic) bond motifs is 9.